The van der Waals surface area contributed by atoms with E-state index < -0.39 is 27.7 Å². The van der Waals surface area contributed by atoms with E-state index in [1.807, 2.05) is 7.05 Å². The van der Waals surface area contributed by atoms with Crippen LogP contribution in [0.25, 0.3) is 10.9 Å². The van der Waals surface area contributed by atoms with Crippen LogP contribution in [-0.2, 0) is 32.8 Å². The van der Waals surface area contributed by atoms with E-state index in [0.29, 0.717) is 57.4 Å². The molecule has 3 saturated heterocycles. The van der Waals surface area contributed by atoms with Crippen LogP contribution in [0.4, 0.5) is 24.8 Å². The summed E-state index contributed by atoms with van der Waals surface area (Å²) in [6, 6.07) is 4.07. The van der Waals surface area contributed by atoms with Crippen molar-refractivity contribution in [3.05, 3.63) is 41.3 Å². The van der Waals surface area contributed by atoms with Crippen molar-refractivity contribution in [2.45, 2.75) is 57.2 Å². The van der Waals surface area contributed by atoms with E-state index in [2.05, 4.69) is 54.6 Å². The second-order valence-corrected chi connectivity index (χ2v) is 14.9. The van der Waals surface area contributed by atoms with Crippen molar-refractivity contribution in [2.75, 3.05) is 61.8 Å². The number of halogens is 3. The quantitative estimate of drug-likeness (QED) is 0.321. The lowest BCUT2D eigenvalue weighted by atomic mass is 9.92. The number of carbonyl (C=O) groups excluding carboxylic acids is 2. The fraction of sp³-hybridized carbons (Fsp3) is 0.581. The summed E-state index contributed by atoms with van der Waals surface area (Å²) < 4.78 is 67.7. The molecule has 2 N–H and O–H groups in total. The summed E-state index contributed by atoms with van der Waals surface area (Å²) in [6.07, 6.45) is -0.758. The van der Waals surface area contributed by atoms with Crippen LogP contribution in [-0.4, -0.2) is 107 Å². The summed E-state index contributed by atoms with van der Waals surface area (Å²) in [4.78, 5) is 36.3. The van der Waals surface area contributed by atoms with Crippen molar-refractivity contribution in [3.63, 3.8) is 0 Å². The molecule has 1 aromatic carbocycles. The summed E-state index contributed by atoms with van der Waals surface area (Å²) in [5.74, 6) is -0.859. The molecule has 2 amide bonds. The lowest BCUT2D eigenvalue weighted by Gasteiger charge is -2.37. The largest absolute Gasteiger partial charge is 0.419 e. The van der Waals surface area contributed by atoms with E-state index in [9.17, 15) is 31.2 Å². The monoisotopic (exact) mass is 691 g/mol. The van der Waals surface area contributed by atoms with Gasteiger partial charge in [-0.05, 0) is 56.8 Å². The zero-order chi connectivity index (χ0) is 34.2. The Balaban J connectivity index is 0.962. The number of benzene rings is 1. The highest BCUT2D eigenvalue weighted by Crippen LogP contribution is 2.34. The van der Waals surface area contributed by atoms with Crippen LogP contribution in [0, 0.1) is 6.92 Å². The summed E-state index contributed by atoms with van der Waals surface area (Å²) in [7, 11) is -1.58. The lowest BCUT2D eigenvalue weighted by Crippen LogP contribution is -2.47. The third-order valence-corrected chi connectivity index (χ3v) is 11.5. The molecule has 3 aliphatic heterocycles. The first-order valence-electron chi connectivity index (χ1n) is 16.2. The molecule has 5 heterocycles. The second-order valence-electron chi connectivity index (χ2n) is 12.8. The predicted molar refractivity (Wildman–Crippen MR) is 173 cm³/mol. The number of carbonyl (C=O) groups is 2. The van der Waals surface area contributed by atoms with E-state index in [1.54, 1.807) is 4.68 Å². The van der Waals surface area contributed by atoms with Crippen LogP contribution < -0.4 is 15.5 Å². The van der Waals surface area contributed by atoms with E-state index >= 15 is 0 Å². The minimum absolute atomic E-state index is 0.0547. The summed E-state index contributed by atoms with van der Waals surface area (Å²) >= 11 is 0. The van der Waals surface area contributed by atoms with Gasteiger partial charge in [-0.1, -0.05) is 0 Å². The average molecular weight is 692 g/mol. The SMILES string of the molecule is Cc1cc2c(C3CCC(=O)NC3=O)nn(C)c2cc1N1CCN(CCCS(=O)(=O)N2CCC(Nc3ncc(C(F)(F)F)cn3)CC2)CC1. The number of aromatic nitrogens is 4. The van der Waals surface area contributed by atoms with Crippen LogP contribution in [0.1, 0.15) is 54.8 Å². The fourth-order valence-corrected chi connectivity index (χ4v) is 8.32. The number of imide groups is 1. The molecule has 1 unspecified atom stereocenters. The van der Waals surface area contributed by atoms with Crippen LogP contribution in [0.2, 0.25) is 0 Å². The van der Waals surface area contributed by atoms with Crippen LogP contribution in [0.5, 0.6) is 0 Å². The molecule has 17 heteroatoms. The number of alkyl halides is 3. The van der Waals surface area contributed by atoms with Crippen molar-refractivity contribution in [1.82, 2.24) is 34.3 Å². The smallest absolute Gasteiger partial charge is 0.369 e. The van der Waals surface area contributed by atoms with E-state index in [1.165, 1.54) is 4.31 Å². The van der Waals surface area contributed by atoms with E-state index in [-0.39, 0.29) is 29.6 Å². The Labute approximate surface area is 276 Å². The molecule has 1 atom stereocenters. The Kier molecular flexibility index (Phi) is 9.64. The van der Waals surface area contributed by atoms with Gasteiger partial charge in [0.05, 0.1) is 28.4 Å². The van der Waals surface area contributed by atoms with Crippen molar-refractivity contribution in [2.24, 2.45) is 7.05 Å². The first kappa shape index (κ1) is 34.0. The molecular weight excluding hydrogens is 651 g/mol. The molecule has 0 bridgehead atoms. The van der Waals surface area contributed by atoms with Gasteiger partial charge in [0.1, 0.15) is 0 Å². The number of hydrogen-bond donors (Lipinski definition) is 2. The summed E-state index contributed by atoms with van der Waals surface area (Å²) in [6.45, 7) is 6.56. The highest BCUT2D eigenvalue weighted by atomic mass is 32.2. The third kappa shape index (κ3) is 7.42. The molecular formula is C31H40F3N9O4S. The van der Waals surface area contributed by atoms with Gasteiger partial charge in [0.25, 0.3) is 0 Å². The molecule has 0 saturated carbocycles. The maximum atomic E-state index is 13.1. The topological polar surface area (TPSA) is 146 Å². The number of rotatable bonds is 9. The molecule has 48 heavy (non-hydrogen) atoms. The molecule has 3 fully saturated rings. The second kappa shape index (κ2) is 13.6. The van der Waals surface area contributed by atoms with Gasteiger partial charge in [0.2, 0.25) is 27.8 Å². The van der Waals surface area contributed by atoms with Crippen molar-refractivity contribution >= 4 is 44.4 Å². The van der Waals surface area contributed by atoms with Gasteiger partial charge >= 0.3 is 6.18 Å². The first-order chi connectivity index (χ1) is 22.8. The predicted octanol–water partition coefficient (Wildman–Crippen LogP) is 2.63. The van der Waals surface area contributed by atoms with Crippen LogP contribution in [0.3, 0.4) is 0 Å². The van der Waals surface area contributed by atoms with Gasteiger partial charge in [-0.2, -0.15) is 18.3 Å². The lowest BCUT2D eigenvalue weighted by molar-refractivity contribution is -0.138. The minimum atomic E-state index is -4.50. The third-order valence-electron chi connectivity index (χ3n) is 9.52. The minimum Gasteiger partial charge on any atom is -0.369 e. The first-order valence-corrected chi connectivity index (χ1v) is 17.8. The van der Waals surface area contributed by atoms with Gasteiger partial charge < -0.3 is 10.2 Å². The maximum Gasteiger partial charge on any atom is 0.419 e. The van der Waals surface area contributed by atoms with Gasteiger partial charge in [-0.25, -0.2) is 22.7 Å². The molecule has 0 aliphatic carbocycles. The Morgan fingerprint density at radius 1 is 1.00 bits per heavy atom. The highest BCUT2D eigenvalue weighted by Gasteiger charge is 2.34. The number of piperazine rings is 1. The van der Waals surface area contributed by atoms with Crippen LogP contribution >= 0.6 is 0 Å². The number of anilines is 2. The molecule has 260 valence electrons. The van der Waals surface area contributed by atoms with Crippen molar-refractivity contribution in [3.8, 4) is 0 Å². The van der Waals surface area contributed by atoms with E-state index in [0.717, 1.165) is 60.7 Å². The van der Waals surface area contributed by atoms with Crippen molar-refractivity contribution < 1.29 is 31.2 Å². The number of fused-ring (bicyclic) bond motifs is 1. The Morgan fingerprint density at radius 2 is 1.69 bits per heavy atom. The number of piperidine rings is 2. The zero-order valence-corrected chi connectivity index (χ0v) is 27.8. The average Bonchev–Trinajstić information content (AvgIpc) is 3.35. The Bertz CT molecular complexity index is 1770. The van der Waals surface area contributed by atoms with E-state index in [4.69, 9.17) is 0 Å². The fourth-order valence-electron chi connectivity index (χ4n) is 6.80. The zero-order valence-electron chi connectivity index (χ0n) is 27.0. The van der Waals surface area contributed by atoms with Crippen LogP contribution in [0.15, 0.2) is 24.5 Å². The maximum absolute atomic E-state index is 13.1. The standard InChI is InChI=1S/C31H40F3N9O4S/c1-20-16-24-26(40(2)39-28(24)23-4-5-27(44)38-29(23)45)17-25(20)42-13-11-41(12-14-42)8-3-15-48(46,47)43-9-6-22(7-10-43)37-30-35-18-21(19-36-30)31(32,33)34/h16-19,22-23H,3-15H2,1-2H3,(H,35,36,37)(H,38,44,45). The molecule has 3 aromatic rings. The number of nitrogens with zero attached hydrogens (tertiary/aromatic N) is 7. The molecule has 2 aromatic heterocycles. The normalized spacial score (nSPS) is 20.8. The summed E-state index contributed by atoms with van der Waals surface area (Å²) in [5.41, 5.74) is 2.88. The Hall–Kier alpha value is -3.83. The molecule has 0 radical (unpaired) electrons. The number of amides is 2. The highest BCUT2D eigenvalue weighted by molar-refractivity contribution is 7.89. The molecule has 6 rings (SSSR count). The van der Waals surface area contributed by atoms with Gasteiger partial charge in [0, 0.05) is 82.2 Å². The van der Waals surface area contributed by atoms with Crippen molar-refractivity contribution in [1.29, 1.82) is 0 Å². The molecule has 0 spiro atoms. The molecule has 3 aliphatic rings. The Morgan fingerprint density at radius 3 is 2.33 bits per heavy atom. The van der Waals surface area contributed by atoms with Gasteiger partial charge in [0.15, 0.2) is 0 Å². The van der Waals surface area contributed by atoms with Gasteiger partial charge in [-0.15, -0.1) is 0 Å². The van der Waals surface area contributed by atoms with Gasteiger partial charge in [-0.3, -0.25) is 24.5 Å². The number of sulfonamides is 1. The molecule has 13 nitrogen and oxygen atoms in total. The summed E-state index contributed by atoms with van der Waals surface area (Å²) in [5, 5.41) is 11.0. The number of nitrogens with one attached hydrogen (secondary N) is 2. The number of hydrogen-bond acceptors (Lipinski definition) is 10. The number of aryl methyl sites for hydroxylation is 2.